The van der Waals surface area contributed by atoms with Crippen molar-refractivity contribution < 1.29 is 0 Å². The first kappa shape index (κ1) is 20.3. The van der Waals surface area contributed by atoms with Crippen molar-refractivity contribution in [1.29, 1.82) is 0 Å². The fourth-order valence-corrected chi connectivity index (χ4v) is 5.38. The van der Waals surface area contributed by atoms with Crippen LogP contribution in [0.25, 0.3) is 10.9 Å². The topological polar surface area (TPSA) is 52.5 Å². The average molecular weight is 453 g/mol. The van der Waals surface area contributed by atoms with Crippen LogP contribution in [0.15, 0.2) is 89.0 Å². The summed E-state index contributed by atoms with van der Waals surface area (Å²) in [5, 5.41) is 5.43. The fraction of sp³-hybridized carbons (Fsp3) is 0.214. The third kappa shape index (κ3) is 3.85. The van der Waals surface area contributed by atoms with Crippen molar-refractivity contribution >= 4 is 34.2 Å². The highest BCUT2D eigenvalue weighted by Crippen LogP contribution is 2.40. The first-order valence-electron chi connectivity index (χ1n) is 11.5. The summed E-state index contributed by atoms with van der Waals surface area (Å²) < 4.78 is 0. The molecule has 0 saturated carbocycles. The molecular weight excluding hydrogens is 428 g/mol. The lowest BCUT2D eigenvalue weighted by molar-refractivity contribution is 0.561. The van der Waals surface area contributed by atoms with Crippen LogP contribution in [0.1, 0.15) is 34.6 Å². The van der Waals surface area contributed by atoms with Crippen LogP contribution >= 0.6 is 11.6 Å². The Bertz CT molecular complexity index is 1370. The molecule has 2 heterocycles. The van der Waals surface area contributed by atoms with Gasteiger partial charge in [0.2, 0.25) is 5.96 Å². The van der Waals surface area contributed by atoms with Gasteiger partial charge >= 0.3 is 0 Å². The van der Waals surface area contributed by atoms with E-state index in [4.69, 9.17) is 21.6 Å². The molecule has 33 heavy (non-hydrogen) atoms. The summed E-state index contributed by atoms with van der Waals surface area (Å²) in [6.45, 7) is 1.56. The number of benzene rings is 3. The normalized spacial score (nSPS) is 19.4. The zero-order valence-corrected chi connectivity index (χ0v) is 19.0. The van der Waals surface area contributed by atoms with E-state index in [1.807, 2.05) is 12.1 Å². The number of H-pyrrole nitrogens is 1. The molecule has 0 saturated heterocycles. The van der Waals surface area contributed by atoms with Crippen molar-refractivity contribution in [2.45, 2.75) is 18.8 Å². The minimum absolute atomic E-state index is 0.356. The Kier molecular flexibility index (Phi) is 5.23. The predicted octanol–water partition coefficient (Wildman–Crippen LogP) is 5.96. The van der Waals surface area contributed by atoms with Gasteiger partial charge in [-0.15, -0.1) is 0 Å². The van der Waals surface area contributed by atoms with Gasteiger partial charge in [-0.3, -0.25) is 4.99 Å². The molecule has 0 bridgehead atoms. The second kappa shape index (κ2) is 8.53. The van der Waals surface area contributed by atoms with Gasteiger partial charge in [-0.1, -0.05) is 72.3 Å². The third-order valence-electron chi connectivity index (χ3n) is 6.82. The minimum atomic E-state index is 0.356. The van der Waals surface area contributed by atoms with E-state index in [0.717, 1.165) is 42.4 Å². The van der Waals surface area contributed by atoms with Gasteiger partial charge in [-0.2, -0.15) is 0 Å². The molecule has 0 radical (unpaired) electrons. The Morgan fingerprint density at radius 1 is 1.00 bits per heavy atom. The fourth-order valence-electron chi connectivity index (χ4n) is 5.21. The van der Waals surface area contributed by atoms with E-state index in [1.165, 1.54) is 33.4 Å². The van der Waals surface area contributed by atoms with Crippen molar-refractivity contribution in [3.63, 3.8) is 0 Å². The SMILES string of the molecule is Clc1ccc2c(CCNC3=NCC4CC(c5ccccc5)c5ccccc5C4=N3)c[nH]c2c1. The molecular formula is C28H25ClN4. The number of nitrogens with one attached hydrogen (secondary N) is 2. The number of nitrogens with zero attached hydrogens (tertiary/aromatic N) is 2. The summed E-state index contributed by atoms with van der Waals surface area (Å²) >= 11 is 6.11. The maximum Gasteiger partial charge on any atom is 0.218 e. The molecule has 1 aliphatic heterocycles. The summed E-state index contributed by atoms with van der Waals surface area (Å²) in [5.41, 5.74) is 7.53. The summed E-state index contributed by atoms with van der Waals surface area (Å²) in [6.07, 6.45) is 4.00. The van der Waals surface area contributed by atoms with E-state index in [-0.39, 0.29) is 0 Å². The highest BCUT2D eigenvalue weighted by molar-refractivity contribution is 6.31. The van der Waals surface area contributed by atoms with Crippen molar-refractivity contribution in [3.8, 4) is 0 Å². The number of aromatic nitrogens is 1. The zero-order chi connectivity index (χ0) is 22.2. The van der Waals surface area contributed by atoms with Gasteiger partial charge in [0.15, 0.2) is 0 Å². The van der Waals surface area contributed by atoms with E-state index < -0.39 is 0 Å². The number of aliphatic imine (C=N–C) groups is 2. The lowest BCUT2D eigenvalue weighted by Crippen LogP contribution is -2.36. The maximum absolute atomic E-state index is 6.11. The smallest absolute Gasteiger partial charge is 0.218 e. The standard InChI is InChI=1S/C28H25ClN4/c29-21-10-11-22-19(16-31-26(22)15-21)12-13-30-28-32-17-20-14-25(18-6-2-1-3-7-18)23-8-4-5-9-24(23)27(20)33-28/h1-11,15-16,20,25,31H,12-14,17H2,(H,30,32). The number of rotatable bonds is 4. The molecule has 2 unspecified atom stereocenters. The van der Waals surface area contributed by atoms with E-state index >= 15 is 0 Å². The Morgan fingerprint density at radius 2 is 1.85 bits per heavy atom. The second-order valence-electron chi connectivity index (χ2n) is 8.83. The van der Waals surface area contributed by atoms with Gasteiger partial charge < -0.3 is 10.3 Å². The highest BCUT2D eigenvalue weighted by atomic mass is 35.5. The molecule has 1 aromatic heterocycles. The van der Waals surface area contributed by atoms with E-state index in [1.54, 1.807) is 0 Å². The second-order valence-corrected chi connectivity index (χ2v) is 9.26. The lowest BCUT2D eigenvalue weighted by Gasteiger charge is -2.34. The minimum Gasteiger partial charge on any atom is -0.361 e. The van der Waals surface area contributed by atoms with Crippen molar-refractivity contribution in [3.05, 3.63) is 106 Å². The van der Waals surface area contributed by atoms with Crippen LogP contribution in [-0.4, -0.2) is 29.7 Å². The summed E-state index contributed by atoms with van der Waals surface area (Å²) in [5.74, 6) is 1.50. The number of guanidine groups is 1. The lowest BCUT2D eigenvalue weighted by atomic mass is 9.72. The predicted molar refractivity (Wildman–Crippen MR) is 137 cm³/mol. The van der Waals surface area contributed by atoms with E-state index in [2.05, 4.69) is 77.2 Å². The van der Waals surface area contributed by atoms with Crippen LogP contribution in [-0.2, 0) is 6.42 Å². The van der Waals surface area contributed by atoms with Crippen molar-refractivity contribution in [2.75, 3.05) is 13.1 Å². The average Bonchev–Trinajstić information content (AvgIpc) is 3.26. The van der Waals surface area contributed by atoms with Crippen LogP contribution in [0.3, 0.4) is 0 Å². The number of hydrogen-bond acceptors (Lipinski definition) is 3. The number of halogens is 1. The van der Waals surface area contributed by atoms with Crippen LogP contribution in [0, 0.1) is 5.92 Å². The van der Waals surface area contributed by atoms with Crippen LogP contribution in [0.4, 0.5) is 0 Å². The third-order valence-corrected chi connectivity index (χ3v) is 7.05. The molecule has 1 aliphatic carbocycles. The number of fused-ring (bicyclic) bond motifs is 4. The molecule has 2 atom stereocenters. The molecule has 2 aliphatic rings. The summed E-state index contributed by atoms with van der Waals surface area (Å²) in [7, 11) is 0. The molecule has 5 heteroatoms. The Balaban J connectivity index is 1.21. The molecule has 2 N–H and O–H groups in total. The van der Waals surface area contributed by atoms with Crippen molar-refractivity contribution in [1.82, 2.24) is 10.3 Å². The maximum atomic E-state index is 6.11. The van der Waals surface area contributed by atoms with Crippen molar-refractivity contribution in [2.24, 2.45) is 15.9 Å². The van der Waals surface area contributed by atoms with E-state index in [0.29, 0.717) is 11.8 Å². The first-order chi connectivity index (χ1) is 16.3. The highest BCUT2D eigenvalue weighted by Gasteiger charge is 2.34. The summed E-state index contributed by atoms with van der Waals surface area (Å²) in [6, 6.07) is 25.5. The molecule has 4 aromatic rings. The van der Waals surface area contributed by atoms with E-state index in [9.17, 15) is 0 Å². The molecule has 4 nitrogen and oxygen atoms in total. The van der Waals surface area contributed by atoms with Gasteiger partial charge in [0, 0.05) is 46.1 Å². The molecule has 0 fully saturated rings. The van der Waals surface area contributed by atoms with Gasteiger partial charge in [-0.25, -0.2) is 4.99 Å². The van der Waals surface area contributed by atoms with Gasteiger partial charge in [0.1, 0.15) is 0 Å². The number of aromatic amines is 1. The monoisotopic (exact) mass is 452 g/mol. The largest absolute Gasteiger partial charge is 0.361 e. The summed E-state index contributed by atoms with van der Waals surface area (Å²) in [4.78, 5) is 13.1. The van der Waals surface area contributed by atoms with Gasteiger partial charge in [-0.05, 0) is 41.7 Å². The quantitative estimate of drug-likeness (QED) is 0.394. The van der Waals surface area contributed by atoms with Gasteiger partial charge in [0.25, 0.3) is 0 Å². The zero-order valence-electron chi connectivity index (χ0n) is 18.3. The Labute approximate surface area is 198 Å². The number of hydrogen-bond donors (Lipinski definition) is 2. The molecule has 6 rings (SSSR count). The van der Waals surface area contributed by atoms with Crippen LogP contribution in [0.5, 0.6) is 0 Å². The Morgan fingerprint density at radius 3 is 2.76 bits per heavy atom. The molecule has 164 valence electrons. The molecule has 0 amide bonds. The molecule has 3 aromatic carbocycles. The first-order valence-corrected chi connectivity index (χ1v) is 11.9. The van der Waals surface area contributed by atoms with Crippen LogP contribution < -0.4 is 5.32 Å². The van der Waals surface area contributed by atoms with Gasteiger partial charge in [0.05, 0.1) is 12.3 Å². The van der Waals surface area contributed by atoms with Crippen LogP contribution in [0.2, 0.25) is 5.02 Å². The molecule has 0 spiro atoms. The Hall–Kier alpha value is -3.37.